The third-order valence-corrected chi connectivity index (χ3v) is 2.61. The lowest BCUT2D eigenvalue weighted by Gasteiger charge is -2.03. The average Bonchev–Trinajstić information content (AvgIpc) is 2.43. The zero-order chi connectivity index (χ0) is 14.9. The molecule has 7 heteroatoms. The summed E-state index contributed by atoms with van der Waals surface area (Å²) in [4.78, 5) is 3.30. The van der Waals surface area contributed by atoms with Crippen molar-refractivity contribution in [2.24, 2.45) is 4.99 Å². The Morgan fingerprint density at radius 3 is 1.95 bits per heavy atom. The van der Waals surface area contributed by atoms with E-state index in [0.29, 0.717) is 10.6 Å². The van der Waals surface area contributed by atoms with Gasteiger partial charge in [-0.2, -0.15) is 0 Å². The van der Waals surface area contributed by atoms with Crippen molar-refractivity contribution in [1.29, 1.82) is 0 Å². The molecule has 0 spiro atoms. The van der Waals surface area contributed by atoms with Crippen LogP contribution >= 0.6 is 11.6 Å². The van der Waals surface area contributed by atoms with Crippen molar-refractivity contribution in [3.63, 3.8) is 0 Å². The van der Waals surface area contributed by atoms with Gasteiger partial charge >= 0.3 is 0 Å². The van der Waals surface area contributed by atoms with Crippen LogP contribution in [0, 0.1) is 29.1 Å². The molecule has 0 saturated carbocycles. The Bertz CT molecular complexity index is 670. The van der Waals surface area contributed by atoms with Crippen molar-refractivity contribution in [3.8, 4) is 0 Å². The summed E-state index contributed by atoms with van der Waals surface area (Å²) in [5.41, 5.74) is -0.900. The molecule has 20 heavy (non-hydrogen) atoms. The number of aliphatic imine (C=N–C) groups is 1. The van der Waals surface area contributed by atoms with Gasteiger partial charge in [0.05, 0.1) is 0 Å². The third kappa shape index (κ3) is 2.65. The number of benzene rings is 2. The number of hydrogen-bond donors (Lipinski definition) is 0. The molecule has 0 unspecified atom stereocenters. The van der Waals surface area contributed by atoms with Crippen LogP contribution in [0.25, 0.3) is 0 Å². The van der Waals surface area contributed by atoms with Gasteiger partial charge in [-0.15, -0.1) is 0 Å². The molecule has 0 N–H and O–H groups in total. The monoisotopic (exact) mass is 305 g/mol. The summed E-state index contributed by atoms with van der Waals surface area (Å²) in [6.45, 7) is 0. The molecule has 0 atom stereocenters. The van der Waals surface area contributed by atoms with Gasteiger partial charge in [0.2, 0.25) is 5.82 Å². The number of rotatable bonds is 2. The predicted molar refractivity (Wildman–Crippen MR) is 64.9 cm³/mol. The Kier molecular flexibility index (Phi) is 4.04. The molecule has 0 aromatic heterocycles. The van der Waals surface area contributed by atoms with Gasteiger partial charge in [-0.05, 0) is 17.7 Å². The Balaban J connectivity index is 2.49. The molecule has 0 heterocycles. The number of halogens is 6. The molecule has 0 saturated heterocycles. The molecule has 0 aliphatic carbocycles. The fraction of sp³-hybridized carbons (Fsp3) is 0. The average molecular weight is 306 g/mol. The van der Waals surface area contributed by atoms with Crippen LogP contribution in [0.1, 0.15) is 5.56 Å². The van der Waals surface area contributed by atoms with Crippen molar-refractivity contribution < 1.29 is 22.0 Å². The molecule has 0 radical (unpaired) electrons. The summed E-state index contributed by atoms with van der Waals surface area (Å²) < 4.78 is 65.3. The fourth-order valence-electron chi connectivity index (χ4n) is 1.43. The van der Waals surface area contributed by atoms with Crippen molar-refractivity contribution in [1.82, 2.24) is 0 Å². The van der Waals surface area contributed by atoms with Gasteiger partial charge in [0.15, 0.2) is 23.3 Å². The van der Waals surface area contributed by atoms with Crippen LogP contribution in [0.15, 0.2) is 29.3 Å². The van der Waals surface area contributed by atoms with Gasteiger partial charge in [0.1, 0.15) is 5.69 Å². The summed E-state index contributed by atoms with van der Waals surface area (Å²) in [5, 5.41) is 0.339. The van der Waals surface area contributed by atoms with Gasteiger partial charge in [0.25, 0.3) is 0 Å². The minimum atomic E-state index is -2.22. The van der Waals surface area contributed by atoms with E-state index in [1.807, 2.05) is 0 Å². The van der Waals surface area contributed by atoms with E-state index >= 15 is 0 Å². The maximum Gasteiger partial charge on any atom is 0.200 e. The van der Waals surface area contributed by atoms with Crippen LogP contribution in [-0.2, 0) is 0 Å². The van der Waals surface area contributed by atoms with E-state index < -0.39 is 34.8 Å². The van der Waals surface area contributed by atoms with Crippen LogP contribution in [0.3, 0.4) is 0 Å². The lowest BCUT2D eigenvalue weighted by Crippen LogP contribution is -2.00. The minimum Gasteiger partial charge on any atom is -0.250 e. The first-order chi connectivity index (χ1) is 9.41. The highest BCUT2D eigenvalue weighted by Crippen LogP contribution is 2.29. The molecule has 1 nitrogen and oxygen atoms in total. The van der Waals surface area contributed by atoms with Crippen molar-refractivity contribution in [3.05, 3.63) is 63.9 Å². The largest absolute Gasteiger partial charge is 0.250 e. The highest BCUT2D eigenvalue weighted by atomic mass is 35.5. The van der Waals surface area contributed by atoms with Gasteiger partial charge in [-0.1, -0.05) is 23.7 Å². The van der Waals surface area contributed by atoms with Gasteiger partial charge in [-0.3, -0.25) is 0 Å². The number of nitrogens with zero attached hydrogens (tertiary/aromatic N) is 1. The smallest absolute Gasteiger partial charge is 0.200 e. The topological polar surface area (TPSA) is 12.4 Å². The molecule has 0 bridgehead atoms. The van der Waals surface area contributed by atoms with Crippen LogP contribution in [0.2, 0.25) is 5.02 Å². The van der Waals surface area contributed by atoms with Gasteiger partial charge < -0.3 is 0 Å². The quantitative estimate of drug-likeness (QED) is 0.327. The van der Waals surface area contributed by atoms with Crippen molar-refractivity contribution in [2.75, 3.05) is 0 Å². The summed E-state index contributed by atoms with van der Waals surface area (Å²) >= 11 is 5.68. The molecule has 0 fully saturated rings. The zero-order valence-corrected chi connectivity index (χ0v) is 10.4. The summed E-state index contributed by atoms with van der Waals surface area (Å²) in [7, 11) is 0. The Hall–Kier alpha value is -1.95. The van der Waals surface area contributed by atoms with Crippen LogP contribution < -0.4 is 0 Å². The molecule has 0 aliphatic rings. The van der Waals surface area contributed by atoms with E-state index in [2.05, 4.69) is 4.99 Å². The molecular formula is C13H5ClF5N. The maximum absolute atomic E-state index is 13.3. The van der Waals surface area contributed by atoms with E-state index in [1.54, 1.807) is 12.1 Å². The molecule has 2 rings (SSSR count). The van der Waals surface area contributed by atoms with E-state index in [1.165, 1.54) is 12.1 Å². The highest BCUT2D eigenvalue weighted by Gasteiger charge is 2.25. The Morgan fingerprint density at radius 2 is 1.40 bits per heavy atom. The Labute approximate surface area is 115 Å². The van der Waals surface area contributed by atoms with E-state index in [-0.39, 0.29) is 0 Å². The highest BCUT2D eigenvalue weighted by molar-refractivity contribution is 6.30. The second kappa shape index (κ2) is 5.58. The lowest BCUT2D eigenvalue weighted by atomic mass is 10.2. The summed E-state index contributed by atoms with van der Waals surface area (Å²) in [6.07, 6.45) is 0.949. The summed E-state index contributed by atoms with van der Waals surface area (Å²) in [6, 6.07) is 6.01. The summed E-state index contributed by atoms with van der Waals surface area (Å²) in [5.74, 6) is -10.3. The van der Waals surface area contributed by atoms with Crippen LogP contribution in [-0.4, -0.2) is 6.21 Å². The first kappa shape index (κ1) is 14.5. The SMILES string of the molecule is Fc1c(F)c(F)c(N=Cc2cccc(Cl)c2)c(F)c1F. The van der Waals surface area contributed by atoms with Gasteiger partial charge in [-0.25, -0.2) is 26.9 Å². The maximum atomic E-state index is 13.3. The molecule has 0 aliphatic heterocycles. The van der Waals surface area contributed by atoms with E-state index in [0.717, 1.165) is 6.21 Å². The van der Waals surface area contributed by atoms with Crippen LogP contribution in [0.4, 0.5) is 27.6 Å². The standard InChI is InChI=1S/C13H5ClF5N/c14-7-3-1-2-6(4-7)5-20-13-11(18)9(16)8(15)10(17)12(13)19/h1-5H. The first-order valence-corrected chi connectivity index (χ1v) is 5.60. The molecular weight excluding hydrogens is 301 g/mol. The van der Waals surface area contributed by atoms with E-state index in [4.69, 9.17) is 11.6 Å². The normalized spacial score (nSPS) is 11.3. The van der Waals surface area contributed by atoms with Crippen LogP contribution in [0.5, 0.6) is 0 Å². The second-order valence-corrected chi connectivity index (χ2v) is 4.17. The predicted octanol–water partition coefficient (Wildman–Crippen LogP) is 4.79. The molecule has 2 aromatic carbocycles. The first-order valence-electron chi connectivity index (χ1n) is 5.23. The fourth-order valence-corrected chi connectivity index (χ4v) is 1.63. The number of hydrogen-bond acceptors (Lipinski definition) is 1. The second-order valence-electron chi connectivity index (χ2n) is 3.73. The van der Waals surface area contributed by atoms with Gasteiger partial charge in [0, 0.05) is 11.2 Å². The van der Waals surface area contributed by atoms with E-state index in [9.17, 15) is 22.0 Å². The molecule has 0 amide bonds. The third-order valence-electron chi connectivity index (χ3n) is 2.38. The van der Waals surface area contributed by atoms with Crippen molar-refractivity contribution in [2.45, 2.75) is 0 Å². The zero-order valence-electron chi connectivity index (χ0n) is 9.60. The lowest BCUT2D eigenvalue weighted by molar-refractivity contribution is 0.381. The minimum absolute atomic E-state index is 0.339. The Morgan fingerprint density at radius 1 is 0.850 bits per heavy atom. The molecule has 104 valence electrons. The molecule has 2 aromatic rings. The van der Waals surface area contributed by atoms with Crippen molar-refractivity contribution >= 4 is 23.5 Å².